The van der Waals surface area contributed by atoms with E-state index in [9.17, 15) is 10.1 Å². The number of anilines is 1. The molecule has 1 aliphatic heterocycles. The molecule has 0 amide bonds. The molecular weight excluding hydrogens is 218 g/mol. The van der Waals surface area contributed by atoms with Crippen LogP contribution in [0.25, 0.3) is 0 Å². The highest BCUT2D eigenvalue weighted by molar-refractivity contribution is 5.57. The zero-order valence-corrected chi connectivity index (χ0v) is 9.93. The molecule has 1 saturated heterocycles. The summed E-state index contributed by atoms with van der Waals surface area (Å²) in [5.41, 5.74) is 7.86. The number of hydrogen-bond donors (Lipinski definition) is 1. The third kappa shape index (κ3) is 2.39. The Morgan fingerprint density at radius 3 is 2.88 bits per heavy atom. The van der Waals surface area contributed by atoms with Gasteiger partial charge in [0.15, 0.2) is 0 Å². The minimum atomic E-state index is -0.358. The number of aryl methyl sites for hydroxylation is 1. The molecule has 17 heavy (non-hydrogen) atoms. The van der Waals surface area contributed by atoms with E-state index in [1.165, 1.54) is 0 Å². The highest BCUT2D eigenvalue weighted by Crippen LogP contribution is 2.28. The van der Waals surface area contributed by atoms with Crippen LogP contribution in [0.15, 0.2) is 18.2 Å². The summed E-state index contributed by atoms with van der Waals surface area (Å²) in [6.07, 6.45) is 1.10. The molecular formula is C12H17N3O2. The summed E-state index contributed by atoms with van der Waals surface area (Å²) in [5.74, 6) is 0.546. The highest BCUT2D eigenvalue weighted by atomic mass is 16.6. The predicted octanol–water partition coefficient (Wildman–Crippen LogP) is 1.69. The van der Waals surface area contributed by atoms with Crippen molar-refractivity contribution in [2.75, 3.05) is 24.5 Å². The van der Waals surface area contributed by atoms with Crippen molar-refractivity contribution in [3.63, 3.8) is 0 Å². The van der Waals surface area contributed by atoms with Crippen molar-refractivity contribution < 1.29 is 4.92 Å². The monoisotopic (exact) mass is 235 g/mol. The van der Waals surface area contributed by atoms with Crippen molar-refractivity contribution >= 4 is 11.4 Å². The van der Waals surface area contributed by atoms with Crippen LogP contribution in [0, 0.1) is 23.0 Å². The Kier molecular flexibility index (Phi) is 3.28. The fourth-order valence-corrected chi connectivity index (χ4v) is 2.35. The van der Waals surface area contributed by atoms with Crippen LogP contribution in [-0.4, -0.2) is 24.6 Å². The first-order valence-corrected chi connectivity index (χ1v) is 5.82. The summed E-state index contributed by atoms with van der Waals surface area (Å²) >= 11 is 0. The van der Waals surface area contributed by atoms with Gasteiger partial charge in [0.25, 0.3) is 5.69 Å². The molecule has 0 aliphatic carbocycles. The van der Waals surface area contributed by atoms with Crippen molar-refractivity contribution in [2.45, 2.75) is 13.3 Å². The molecule has 0 aromatic heterocycles. The Morgan fingerprint density at radius 1 is 1.59 bits per heavy atom. The van der Waals surface area contributed by atoms with Gasteiger partial charge in [-0.25, -0.2) is 0 Å². The lowest BCUT2D eigenvalue weighted by molar-refractivity contribution is -0.384. The smallest absolute Gasteiger partial charge is 0.269 e. The lowest BCUT2D eigenvalue weighted by Gasteiger charge is -2.20. The Hall–Kier alpha value is -1.62. The first kappa shape index (κ1) is 11.9. The second-order valence-electron chi connectivity index (χ2n) is 4.56. The van der Waals surface area contributed by atoms with Crippen LogP contribution in [-0.2, 0) is 0 Å². The van der Waals surface area contributed by atoms with Gasteiger partial charge < -0.3 is 10.6 Å². The van der Waals surface area contributed by atoms with E-state index in [-0.39, 0.29) is 10.6 Å². The largest absolute Gasteiger partial charge is 0.371 e. The minimum absolute atomic E-state index is 0.154. The van der Waals surface area contributed by atoms with E-state index in [2.05, 4.69) is 4.90 Å². The number of benzene rings is 1. The maximum Gasteiger partial charge on any atom is 0.269 e. The Bertz CT molecular complexity index is 434. The van der Waals surface area contributed by atoms with Crippen LogP contribution in [0.5, 0.6) is 0 Å². The standard InChI is InChI=1S/C12H17N3O2/c1-9-6-11(15(16)17)2-3-12(9)14-5-4-10(7-13)8-14/h2-3,6,10H,4-5,7-8,13H2,1H3. The van der Waals surface area contributed by atoms with Gasteiger partial charge in [0.1, 0.15) is 0 Å². The number of nitro groups is 1. The van der Waals surface area contributed by atoms with Gasteiger partial charge in [-0.3, -0.25) is 10.1 Å². The molecule has 5 nitrogen and oxygen atoms in total. The van der Waals surface area contributed by atoms with Crippen LogP contribution in [0.4, 0.5) is 11.4 Å². The van der Waals surface area contributed by atoms with Gasteiger partial charge >= 0.3 is 0 Å². The molecule has 5 heteroatoms. The third-order valence-corrected chi connectivity index (χ3v) is 3.35. The van der Waals surface area contributed by atoms with E-state index in [0.717, 1.165) is 30.8 Å². The lowest BCUT2D eigenvalue weighted by Crippen LogP contribution is -2.23. The normalized spacial score (nSPS) is 19.6. The van der Waals surface area contributed by atoms with Gasteiger partial charge in [-0.2, -0.15) is 0 Å². The zero-order valence-electron chi connectivity index (χ0n) is 9.93. The van der Waals surface area contributed by atoms with E-state index in [0.29, 0.717) is 12.5 Å². The SMILES string of the molecule is Cc1cc([N+](=O)[O-])ccc1N1CCC(CN)C1. The van der Waals surface area contributed by atoms with Crippen molar-refractivity contribution in [1.82, 2.24) is 0 Å². The van der Waals surface area contributed by atoms with Gasteiger partial charge in [-0.05, 0) is 37.4 Å². The number of non-ortho nitro benzene ring substituents is 1. The molecule has 1 heterocycles. The van der Waals surface area contributed by atoms with E-state index >= 15 is 0 Å². The maximum absolute atomic E-state index is 10.7. The fraction of sp³-hybridized carbons (Fsp3) is 0.500. The van der Waals surface area contributed by atoms with Gasteiger partial charge in [-0.1, -0.05) is 0 Å². The molecule has 1 fully saturated rings. The molecule has 0 saturated carbocycles. The third-order valence-electron chi connectivity index (χ3n) is 3.35. The average molecular weight is 235 g/mol. The van der Waals surface area contributed by atoms with Crippen molar-refractivity contribution in [2.24, 2.45) is 11.7 Å². The second-order valence-corrected chi connectivity index (χ2v) is 4.56. The number of nitrogens with two attached hydrogens (primary N) is 1. The number of hydrogen-bond acceptors (Lipinski definition) is 4. The van der Waals surface area contributed by atoms with E-state index in [1.54, 1.807) is 12.1 Å². The molecule has 92 valence electrons. The highest BCUT2D eigenvalue weighted by Gasteiger charge is 2.23. The van der Waals surface area contributed by atoms with Crippen LogP contribution in [0.2, 0.25) is 0 Å². The molecule has 1 aromatic carbocycles. The number of nitrogens with zero attached hydrogens (tertiary/aromatic N) is 2. The van der Waals surface area contributed by atoms with E-state index in [4.69, 9.17) is 5.73 Å². The quantitative estimate of drug-likeness (QED) is 0.639. The topological polar surface area (TPSA) is 72.4 Å². The summed E-state index contributed by atoms with van der Waals surface area (Å²) in [6, 6.07) is 5.04. The summed E-state index contributed by atoms with van der Waals surface area (Å²) in [4.78, 5) is 12.6. The molecule has 2 rings (SSSR count). The molecule has 2 N–H and O–H groups in total. The zero-order chi connectivity index (χ0) is 12.4. The van der Waals surface area contributed by atoms with Gasteiger partial charge in [0.05, 0.1) is 4.92 Å². The van der Waals surface area contributed by atoms with Gasteiger partial charge in [0, 0.05) is 30.9 Å². The summed E-state index contributed by atoms with van der Waals surface area (Å²) in [5, 5.41) is 10.7. The molecule has 1 aliphatic rings. The Morgan fingerprint density at radius 2 is 2.35 bits per heavy atom. The molecule has 0 radical (unpaired) electrons. The Labute approximate surface area is 100 Å². The van der Waals surface area contributed by atoms with Crippen LogP contribution in [0.1, 0.15) is 12.0 Å². The first-order chi connectivity index (χ1) is 8.11. The van der Waals surface area contributed by atoms with E-state index in [1.807, 2.05) is 13.0 Å². The van der Waals surface area contributed by atoms with Crippen LogP contribution >= 0.6 is 0 Å². The van der Waals surface area contributed by atoms with Crippen molar-refractivity contribution in [3.05, 3.63) is 33.9 Å². The number of rotatable bonds is 3. The second kappa shape index (κ2) is 4.71. The summed E-state index contributed by atoms with van der Waals surface area (Å²) < 4.78 is 0. The average Bonchev–Trinajstić information content (AvgIpc) is 2.77. The molecule has 0 bridgehead atoms. The van der Waals surface area contributed by atoms with Crippen LogP contribution in [0.3, 0.4) is 0 Å². The number of nitro benzene ring substituents is 1. The Balaban J connectivity index is 2.20. The molecule has 1 atom stereocenters. The maximum atomic E-state index is 10.7. The summed E-state index contributed by atoms with van der Waals surface area (Å²) in [7, 11) is 0. The first-order valence-electron chi connectivity index (χ1n) is 5.82. The predicted molar refractivity (Wildman–Crippen MR) is 67.2 cm³/mol. The molecule has 1 aromatic rings. The summed E-state index contributed by atoms with van der Waals surface area (Å²) in [6.45, 7) is 4.57. The van der Waals surface area contributed by atoms with Gasteiger partial charge in [-0.15, -0.1) is 0 Å². The van der Waals surface area contributed by atoms with E-state index < -0.39 is 0 Å². The minimum Gasteiger partial charge on any atom is -0.371 e. The molecule has 1 unspecified atom stereocenters. The fourth-order valence-electron chi connectivity index (χ4n) is 2.35. The molecule has 0 spiro atoms. The van der Waals surface area contributed by atoms with Crippen LogP contribution < -0.4 is 10.6 Å². The van der Waals surface area contributed by atoms with Crippen molar-refractivity contribution in [1.29, 1.82) is 0 Å². The van der Waals surface area contributed by atoms with Gasteiger partial charge in [0.2, 0.25) is 0 Å². The lowest BCUT2D eigenvalue weighted by atomic mass is 10.1. The van der Waals surface area contributed by atoms with Crippen molar-refractivity contribution in [3.8, 4) is 0 Å².